The molecule has 1 amide bonds. The van der Waals surface area contributed by atoms with E-state index in [1.165, 1.54) is 12.1 Å². The van der Waals surface area contributed by atoms with Gasteiger partial charge < -0.3 is 10.1 Å². The zero-order chi connectivity index (χ0) is 20.0. The zero-order valence-electron chi connectivity index (χ0n) is 15.6. The van der Waals surface area contributed by atoms with Crippen LogP contribution in [0.4, 0.5) is 5.69 Å². The van der Waals surface area contributed by atoms with Crippen LogP contribution in [0.1, 0.15) is 41.3 Å². The van der Waals surface area contributed by atoms with Gasteiger partial charge in [0.1, 0.15) is 0 Å². The van der Waals surface area contributed by atoms with Gasteiger partial charge in [-0.1, -0.05) is 44.2 Å². The summed E-state index contributed by atoms with van der Waals surface area (Å²) in [4.78, 5) is 24.3. The number of benzene rings is 2. The SMILES string of the molecule is CC(C)c1ccccc1NC(=O)COC(=O)c1cccc(CS(C)(=O)=O)c1. The maximum atomic E-state index is 12.1. The summed E-state index contributed by atoms with van der Waals surface area (Å²) in [5.41, 5.74) is 2.36. The van der Waals surface area contributed by atoms with Gasteiger partial charge >= 0.3 is 5.97 Å². The first kappa shape index (κ1) is 20.6. The van der Waals surface area contributed by atoms with E-state index in [1.807, 2.05) is 32.0 Å². The third-order valence-electron chi connectivity index (χ3n) is 3.78. The average Bonchev–Trinajstić information content (AvgIpc) is 2.58. The van der Waals surface area contributed by atoms with Crippen LogP contribution >= 0.6 is 0 Å². The van der Waals surface area contributed by atoms with Gasteiger partial charge in [-0.25, -0.2) is 13.2 Å². The molecule has 0 aromatic heterocycles. The van der Waals surface area contributed by atoms with Gasteiger partial charge in [0.25, 0.3) is 5.91 Å². The molecule has 0 radical (unpaired) electrons. The molecule has 27 heavy (non-hydrogen) atoms. The molecule has 2 aromatic carbocycles. The largest absolute Gasteiger partial charge is 0.452 e. The smallest absolute Gasteiger partial charge is 0.338 e. The summed E-state index contributed by atoms with van der Waals surface area (Å²) >= 11 is 0. The predicted molar refractivity (Wildman–Crippen MR) is 104 cm³/mol. The Morgan fingerprint density at radius 3 is 2.44 bits per heavy atom. The van der Waals surface area contributed by atoms with Gasteiger partial charge in [-0.05, 0) is 35.2 Å². The molecule has 0 aliphatic rings. The minimum absolute atomic E-state index is 0.166. The van der Waals surface area contributed by atoms with Crippen LogP contribution in [-0.2, 0) is 25.1 Å². The Hall–Kier alpha value is -2.67. The fraction of sp³-hybridized carbons (Fsp3) is 0.300. The molecule has 6 nitrogen and oxygen atoms in total. The number of carbonyl (C=O) groups excluding carboxylic acids is 2. The highest BCUT2D eigenvalue weighted by Crippen LogP contribution is 2.23. The van der Waals surface area contributed by atoms with Crippen molar-refractivity contribution in [2.75, 3.05) is 18.2 Å². The second kappa shape index (κ2) is 8.81. The van der Waals surface area contributed by atoms with Crippen molar-refractivity contribution in [3.8, 4) is 0 Å². The van der Waals surface area contributed by atoms with Crippen molar-refractivity contribution >= 4 is 27.4 Å². The number of ether oxygens (including phenoxy) is 1. The summed E-state index contributed by atoms with van der Waals surface area (Å²) < 4.78 is 27.8. The van der Waals surface area contributed by atoms with Crippen molar-refractivity contribution < 1.29 is 22.7 Å². The van der Waals surface area contributed by atoms with Gasteiger partial charge in [-0.2, -0.15) is 0 Å². The topological polar surface area (TPSA) is 89.5 Å². The third-order valence-corrected chi connectivity index (χ3v) is 4.64. The van der Waals surface area contributed by atoms with E-state index >= 15 is 0 Å². The highest BCUT2D eigenvalue weighted by Gasteiger charge is 2.14. The third kappa shape index (κ3) is 6.53. The van der Waals surface area contributed by atoms with Gasteiger partial charge in [0.2, 0.25) is 0 Å². The molecule has 7 heteroatoms. The van der Waals surface area contributed by atoms with Crippen molar-refractivity contribution in [3.05, 3.63) is 65.2 Å². The molecule has 2 rings (SSSR count). The second-order valence-electron chi connectivity index (χ2n) is 6.64. The number of sulfone groups is 1. The Morgan fingerprint density at radius 1 is 1.07 bits per heavy atom. The normalized spacial score (nSPS) is 11.3. The number of para-hydroxylation sites is 1. The Morgan fingerprint density at radius 2 is 1.78 bits per heavy atom. The van der Waals surface area contributed by atoms with Gasteiger partial charge in [0, 0.05) is 11.9 Å². The molecular weight excluding hydrogens is 366 g/mol. The number of nitrogens with one attached hydrogen (secondary N) is 1. The lowest BCUT2D eigenvalue weighted by atomic mass is 10.0. The highest BCUT2D eigenvalue weighted by molar-refractivity contribution is 7.89. The lowest BCUT2D eigenvalue weighted by Gasteiger charge is -2.13. The van der Waals surface area contributed by atoms with Crippen LogP contribution in [0.3, 0.4) is 0 Å². The van der Waals surface area contributed by atoms with E-state index in [0.717, 1.165) is 11.8 Å². The second-order valence-corrected chi connectivity index (χ2v) is 8.78. The van der Waals surface area contributed by atoms with Crippen molar-refractivity contribution in [2.24, 2.45) is 0 Å². The number of hydrogen-bond donors (Lipinski definition) is 1. The predicted octanol–water partition coefficient (Wildman–Crippen LogP) is 3.15. The maximum Gasteiger partial charge on any atom is 0.338 e. The van der Waals surface area contributed by atoms with E-state index in [1.54, 1.807) is 18.2 Å². The van der Waals surface area contributed by atoms with Gasteiger partial charge in [-0.15, -0.1) is 0 Å². The van der Waals surface area contributed by atoms with Crippen molar-refractivity contribution in [2.45, 2.75) is 25.5 Å². The lowest BCUT2D eigenvalue weighted by molar-refractivity contribution is -0.119. The lowest BCUT2D eigenvalue weighted by Crippen LogP contribution is -2.21. The molecule has 0 saturated heterocycles. The molecule has 0 bridgehead atoms. The Balaban J connectivity index is 1.98. The van der Waals surface area contributed by atoms with Crippen LogP contribution in [0.25, 0.3) is 0 Å². The monoisotopic (exact) mass is 389 g/mol. The summed E-state index contributed by atoms with van der Waals surface area (Å²) in [5, 5.41) is 2.75. The van der Waals surface area contributed by atoms with Gasteiger partial charge in [0.05, 0.1) is 11.3 Å². The minimum Gasteiger partial charge on any atom is -0.452 e. The first-order chi connectivity index (χ1) is 12.7. The highest BCUT2D eigenvalue weighted by atomic mass is 32.2. The van der Waals surface area contributed by atoms with Crippen LogP contribution in [0.2, 0.25) is 0 Å². The van der Waals surface area contributed by atoms with Crippen LogP contribution in [0, 0.1) is 0 Å². The number of rotatable bonds is 7. The standard InChI is InChI=1S/C20H23NO5S/c1-14(2)17-9-4-5-10-18(17)21-19(22)12-26-20(23)16-8-6-7-15(11-16)13-27(3,24)25/h4-11,14H,12-13H2,1-3H3,(H,21,22). The zero-order valence-corrected chi connectivity index (χ0v) is 16.4. The van der Waals surface area contributed by atoms with Crippen molar-refractivity contribution in [3.63, 3.8) is 0 Å². The summed E-state index contributed by atoms with van der Waals surface area (Å²) in [6.07, 6.45) is 1.12. The molecule has 0 spiro atoms. The van der Waals surface area contributed by atoms with E-state index in [4.69, 9.17) is 4.74 Å². The summed E-state index contributed by atoms with van der Waals surface area (Å²) in [6.45, 7) is 3.62. The fourth-order valence-electron chi connectivity index (χ4n) is 2.61. The van der Waals surface area contributed by atoms with Crippen LogP contribution in [0.5, 0.6) is 0 Å². The number of hydrogen-bond acceptors (Lipinski definition) is 5. The Bertz CT molecular complexity index is 935. The van der Waals surface area contributed by atoms with Gasteiger partial charge in [-0.3, -0.25) is 4.79 Å². The van der Waals surface area contributed by atoms with E-state index < -0.39 is 28.3 Å². The first-order valence-electron chi connectivity index (χ1n) is 8.48. The van der Waals surface area contributed by atoms with E-state index in [-0.39, 0.29) is 17.2 Å². The first-order valence-corrected chi connectivity index (χ1v) is 10.5. The number of amides is 1. The van der Waals surface area contributed by atoms with Crippen LogP contribution in [-0.4, -0.2) is 33.2 Å². The fourth-order valence-corrected chi connectivity index (χ4v) is 3.39. The molecule has 0 atom stereocenters. The number of esters is 1. The molecule has 144 valence electrons. The molecule has 0 fully saturated rings. The quantitative estimate of drug-likeness (QED) is 0.735. The molecule has 0 aliphatic heterocycles. The Labute approximate surface area is 159 Å². The van der Waals surface area contributed by atoms with Crippen LogP contribution in [0.15, 0.2) is 48.5 Å². The van der Waals surface area contributed by atoms with Crippen molar-refractivity contribution in [1.29, 1.82) is 0 Å². The number of anilines is 1. The van der Waals surface area contributed by atoms with E-state index in [2.05, 4.69) is 5.32 Å². The Kier molecular flexibility index (Phi) is 6.74. The molecule has 0 saturated carbocycles. The summed E-state index contributed by atoms with van der Waals surface area (Å²) in [7, 11) is -3.21. The number of carbonyl (C=O) groups is 2. The average molecular weight is 389 g/mol. The maximum absolute atomic E-state index is 12.1. The molecule has 0 heterocycles. The molecule has 2 aromatic rings. The minimum atomic E-state index is -3.21. The van der Waals surface area contributed by atoms with E-state index in [9.17, 15) is 18.0 Å². The summed E-state index contributed by atoms with van der Waals surface area (Å²) in [5.74, 6) is -1.05. The molecule has 0 aliphatic carbocycles. The van der Waals surface area contributed by atoms with E-state index in [0.29, 0.717) is 11.3 Å². The molecule has 1 N–H and O–H groups in total. The summed E-state index contributed by atoms with van der Waals surface area (Å²) in [6, 6.07) is 13.6. The van der Waals surface area contributed by atoms with Gasteiger partial charge in [0.15, 0.2) is 16.4 Å². The molecule has 0 unspecified atom stereocenters. The van der Waals surface area contributed by atoms with Crippen LogP contribution < -0.4 is 5.32 Å². The molecular formula is C20H23NO5S. The van der Waals surface area contributed by atoms with Crippen molar-refractivity contribution in [1.82, 2.24) is 0 Å².